The summed E-state index contributed by atoms with van der Waals surface area (Å²) < 4.78 is 0.745. The third-order valence-corrected chi connectivity index (χ3v) is 2.11. The Balaban J connectivity index is 2.94. The summed E-state index contributed by atoms with van der Waals surface area (Å²) in [5.74, 6) is 2.36. The highest BCUT2D eigenvalue weighted by atomic mass is 32.1. The van der Waals surface area contributed by atoms with Crippen molar-refractivity contribution in [1.82, 2.24) is 14.9 Å². The topological polar surface area (TPSA) is 50.9 Å². The van der Waals surface area contributed by atoms with E-state index < -0.39 is 0 Å². The molecule has 0 radical (unpaired) electrons. The van der Waals surface area contributed by atoms with Crippen LogP contribution in [0.5, 0.6) is 0 Å². The number of thiazole rings is 1. The van der Waals surface area contributed by atoms with E-state index >= 15 is 0 Å². The summed E-state index contributed by atoms with van der Waals surface area (Å²) in [6, 6.07) is 0. The van der Waals surface area contributed by atoms with Crippen LogP contribution < -0.4 is 0 Å². The number of hydrogen-bond acceptors (Lipinski definition) is 4. The first-order valence-corrected chi connectivity index (χ1v) is 3.69. The summed E-state index contributed by atoms with van der Waals surface area (Å²) in [6.45, 7) is 0. The van der Waals surface area contributed by atoms with Crippen molar-refractivity contribution in [1.29, 1.82) is 0 Å². The molecule has 2 aromatic rings. The molecule has 0 fully saturated rings. The normalized spacial score (nSPS) is 10.1. The van der Waals surface area contributed by atoms with E-state index in [0.717, 1.165) is 4.70 Å². The molecule has 0 aliphatic rings. The average Bonchev–Trinajstić information content (AvgIpc) is 2.54. The van der Waals surface area contributed by atoms with Gasteiger partial charge >= 0.3 is 0 Å². The lowest BCUT2D eigenvalue weighted by Crippen LogP contribution is -1.92. The van der Waals surface area contributed by atoms with E-state index in [1.54, 1.807) is 5.51 Å². The fraction of sp³-hybridized carbons (Fsp3) is 0. The van der Waals surface area contributed by atoms with Gasteiger partial charge in [0.05, 0.1) is 5.51 Å². The van der Waals surface area contributed by atoms with E-state index in [-0.39, 0.29) is 0 Å². The molecule has 0 unspecified atom stereocenters. The Labute approximate surface area is 66.1 Å². The molecule has 2 heterocycles. The Bertz CT molecular complexity index is 436. The molecule has 0 aromatic carbocycles. The van der Waals surface area contributed by atoms with Gasteiger partial charge < -0.3 is 5.21 Å². The van der Waals surface area contributed by atoms with E-state index in [4.69, 9.17) is 11.6 Å². The molecule has 0 spiro atoms. The highest BCUT2D eigenvalue weighted by Crippen LogP contribution is 2.19. The maximum absolute atomic E-state index is 9.07. The van der Waals surface area contributed by atoms with Gasteiger partial charge in [-0.05, 0) is 5.92 Å². The largest absolute Gasteiger partial charge is 0.410 e. The predicted octanol–water partition coefficient (Wildman–Crippen LogP) is 0.711. The summed E-state index contributed by atoms with van der Waals surface area (Å²) in [5, 5.41) is 12.7. The number of rotatable bonds is 0. The molecule has 0 aliphatic heterocycles. The standard InChI is InChI=1S/C6H3N3OS/c1-2-4-5-6(7-3-11-5)9(10)8-4/h1,3,10H. The Morgan fingerprint density at radius 3 is 3.27 bits per heavy atom. The molecule has 0 atom stereocenters. The van der Waals surface area contributed by atoms with E-state index in [1.807, 2.05) is 0 Å². The summed E-state index contributed by atoms with van der Waals surface area (Å²) in [4.78, 5) is 4.56. The molecular formula is C6H3N3OS. The first-order valence-electron chi connectivity index (χ1n) is 2.81. The van der Waals surface area contributed by atoms with Crippen LogP contribution in [-0.2, 0) is 0 Å². The van der Waals surface area contributed by atoms with Gasteiger partial charge in [-0.3, -0.25) is 0 Å². The highest BCUT2D eigenvalue weighted by Gasteiger charge is 2.09. The molecule has 2 aromatic heterocycles. The zero-order chi connectivity index (χ0) is 7.84. The van der Waals surface area contributed by atoms with Crippen LogP contribution in [0.1, 0.15) is 5.69 Å². The van der Waals surface area contributed by atoms with Crippen molar-refractivity contribution in [2.75, 3.05) is 0 Å². The quantitative estimate of drug-likeness (QED) is 0.462. The molecule has 0 bridgehead atoms. The number of hydrogen-bond donors (Lipinski definition) is 1. The van der Waals surface area contributed by atoms with Gasteiger partial charge in [-0.2, -0.15) is 0 Å². The van der Waals surface area contributed by atoms with Crippen LogP contribution in [0, 0.1) is 12.3 Å². The fourth-order valence-electron chi connectivity index (χ4n) is 0.826. The van der Waals surface area contributed by atoms with Gasteiger partial charge in [0.25, 0.3) is 0 Å². The van der Waals surface area contributed by atoms with Crippen molar-refractivity contribution in [3.05, 3.63) is 11.2 Å². The van der Waals surface area contributed by atoms with Gasteiger partial charge in [-0.15, -0.1) is 22.9 Å². The number of fused-ring (bicyclic) bond motifs is 1. The maximum atomic E-state index is 9.07. The van der Waals surface area contributed by atoms with Crippen molar-refractivity contribution in [3.8, 4) is 12.3 Å². The van der Waals surface area contributed by atoms with Crippen molar-refractivity contribution < 1.29 is 5.21 Å². The highest BCUT2D eigenvalue weighted by molar-refractivity contribution is 7.16. The van der Waals surface area contributed by atoms with Gasteiger partial charge in [-0.25, -0.2) is 4.98 Å². The molecular weight excluding hydrogens is 162 g/mol. The SMILES string of the molecule is C#Cc1nn(O)c2ncsc12. The lowest BCUT2D eigenvalue weighted by molar-refractivity contribution is 0.159. The first-order chi connectivity index (χ1) is 5.33. The number of aromatic nitrogens is 3. The fourth-order valence-corrected chi connectivity index (χ4v) is 1.54. The van der Waals surface area contributed by atoms with Crippen molar-refractivity contribution >= 4 is 21.7 Å². The molecule has 0 aliphatic carbocycles. The summed E-state index contributed by atoms with van der Waals surface area (Å²) in [6.07, 6.45) is 5.13. The second-order valence-corrected chi connectivity index (χ2v) is 2.74. The second-order valence-electron chi connectivity index (χ2n) is 1.89. The molecule has 11 heavy (non-hydrogen) atoms. The van der Waals surface area contributed by atoms with Crippen LogP contribution in [0.15, 0.2) is 5.51 Å². The van der Waals surface area contributed by atoms with Gasteiger partial charge in [0.2, 0.25) is 5.65 Å². The summed E-state index contributed by atoms with van der Waals surface area (Å²) in [7, 11) is 0. The van der Waals surface area contributed by atoms with Crippen LogP contribution in [0.4, 0.5) is 0 Å². The number of terminal acetylenes is 1. The van der Waals surface area contributed by atoms with Crippen LogP contribution >= 0.6 is 11.3 Å². The molecule has 0 saturated heterocycles. The van der Waals surface area contributed by atoms with Crippen molar-refractivity contribution in [2.24, 2.45) is 0 Å². The van der Waals surface area contributed by atoms with E-state index in [0.29, 0.717) is 16.2 Å². The Hall–Kier alpha value is -1.54. The van der Waals surface area contributed by atoms with Crippen molar-refractivity contribution in [2.45, 2.75) is 0 Å². The van der Waals surface area contributed by atoms with Crippen LogP contribution in [0.2, 0.25) is 0 Å². The summed E-state index contributed by atoms with van der Waals surface area (Å²) >= 11 is 1.36. The van der Waals surface area contributed by atoms with E-state index in [9.17, 15) is 0 Å². The van der Waals surface area contributed by atoms with E-state index in [1.165, 1.54) is 11.3 Å². The van der Waals surface area contributed by atoms with Crippen molar-refractivity contribution in [3.63, 3.8) is 0 Å². The minimum atomic E-state index is 0.419. The smallest absolute Gasteiger partial charge is 0.210 e. The molecule has 0 amide bonds. The maximum Gasteiger partial charge on any atom is 0.210 e. The van der Waals surface area contributed by atoms with Gasteiger partial charge in [0.15, 0.2) is 5.69 Å². The first kappa shape index (κ1) is 6.19. The molecule has 0 saturated carbocycles. The molecule has 1 N–H and O–H groups in total. The molecule has 5 heteroatoms. The molecule has 54 valence electrons. The van der Waals surface area contributed by atoms with Crippen LogP contribution in [0.25, 0.3) is 10.3 Å². The van der Waals surface area contributed by atoms with Gasteiger partial charge in [0.1, 0.15) is 4.70 Å². The number of nitrogens with zero attached hydrogens (tertiary/aromatic N) is 3. The van der Waals surface area contributed by atoms with Crippen LogP contribution in [-0.4, -0.2) is 20.1 Å². The Morgan fingerprint density at radius 1 is 1.73 bits per heavy atom. The molecule has 2 rings (SSSR count). The zero-order valence-electron chi connectivity index (χ0n) is 5.35. The Kier molecular flexibility index (Phi) is 1.11. The minimum absolute atomic E-state index is 0.419. The van der Waals surface area contributed by atoms with E-state index in [2.05, 4.69) is 16.0 Å². The van der Waals surface area contributed by atoms with Gasteiger partial charge in [-0.1, -0.05) is 4.85 Å². The monoisotopic (exact) mass is 165 g/mol. The third-order valence-electron chi connectivity index (χ3n) is 1.28. The van der Waals surface area contributed by atoms with Gasteiger partial charge in [0, 0.05) is 0 Å². The Morgan fingerprint density at radius 2 is 2.55 bits per heavy atom. The zero-order valence-corrected chi connectivity index (χ0v) is 6.17. The molecule has 4 nitrogen and oxygen atoms in total. The average molecular weight is 165 g/mol. The minimum Gasteiger partial charge on any atom is -0.410 e. The predicted molar refractivity (Wildman–Crippen MR) is 40.5 cm³/mol. The lowest BCUT2D eigenvalue weighted by atomic mass is 10.4. The summed E-state index contributed by atoms with van der Waals surface area (Å²) in [5.41, 5.74) is 2.47. The second kappa shape index (κ2) is 1.97. The third kappa shape index (κ3) is 0.700. The van der Waals surface area contributed by atoms with Crippen LogP contribution in [0.3, 0.4) is 0 Å². The lowest BCUT2D eigenvalue weighted by Gasteiger charge is -1.81.